The van der Waals surface area contributed by atoms with Crippen molar-refractivity contribution in [3.05, 3.63) is 65.8 Å². The smallest absolute Gasteiger partial charge is 0.254 e. The van der Waals surface area contributed by atoms with E-state index in [4.69, 9.17) is 4.98 Å². The predicted molar refractivity (Wildman–Crippen MR) is 104 cm³/mol. The van der Waals surface area contributed by atoms with E-state index in [1.54, 1.807) is 29.2 Å². The van der Waals surface area contributed by atoms with Crippen LogP contribution in [0.25, 0.3) is 0 Å². The first kappa shape index (κ1) is 18.8. The Morgan fingerprint density at radius 1 is 1.22 bits per heavy atom. The SMILES string of the molecule is C=CC(=O)Nc1ccc(C(=O)N2CCc3nc(C(C)(C)C)ncc3C2)cc1. The van der Waals surface area contributed by atoms with E-state index >= 15 is 0 Å². The molecule has 0 fully saturated rings. The third-order valence-corrected chi connectivity index (χ3v) is 4.48. The highest BCUT2D eigenvalue weighted by molar-refractivity contribution is 5.99. The lowest BCUT2D eigenvalue weighted by molar-refractivity contribution is -0.111. The normalized spacial score (nSPS) is 13.7. The van der Waals surface area contributed by atoms with Gasteiger partial charge in [0.1, 0.15) is 5.82 Å². The molecule has 0 spiro atoms. The van der Waals surface area contributed by atoms with Crippen molar-refractivity contribution < 1.29 is 9.59 Å². The van der Waals surface area contributed by atoms with Crippen LogP contribution in [0.15, 0.2) is 43.1 Å². The minimum Gasteiger partial charge on any atom is -0.334 e. The lowest BCUT2D eigenvalue weighted by Crippen LogP contribution is -2.37. The molecular formula is C21H24N4O2. The second-order valence-electron chi connectivity index (χ2n) is 7.66. The van der Waals surface area contributed by atoms with Crippen LogP contribution < -0.4 is 5.32 Å². The Morgan fingerprint density at radius 3 is 2.56 bits per heavy atom. The number of rotatable bonds is 3. The second kappa shape index (κ2) is 7.31. The van der Waals surface area contributed by atoms with E-state index in [1.165, 1.54) is 6.08 Å². The van der Waals surface area contributed by atoms with E-state index in [0.29, 0.717) is 24.3 Å². The summed E-state index contributed by atoms with van der Waals surface area (Å²) in [5.41, 5.74) is 3.15. The summed E-state index contributed by atoms with van der Waals surface area (Å²) >= 11 is 0. The van der Waals surface area contributed by atoms with Gasteiger partial charge in [0.2, 0.25) is 5.91 Å². The van der Waals surface area contributed by atoms with Crippen molar-refractivity contribution in [1.82, 2.24) is 14.9 Å². The van der Waals surface area contributed by atoms with Gasteiger partial charge in [0, 0.05) is 47.9 Å². The van der Waals surface area contributed by atoms with Crippen molar-refractivity contribution >= 4 is 17.5 Å². The van der Waals surface area contributed by atoms with Gasteiger partial charge in [-0.25, -0.2) is 9.97 Å². The van der Waals surface area contributed by atoms with Gasteiger partial charge in [0.15, 0.2) is 0 Å². The summed E-state index contributed by atoms with van der Waals surface area (Å²) in [4.78, 5) is 35.1. The summed E-state index contributed by atoms with van der Waals surface area (Å²) in [5.74, 6) is 0.511. The van der Waals surface area contributed by atoms with Gasteiger partial charge in [-0.05, 0) is 30.3 Å². The van der Waals surface area contributed by atoms with Gasteiger partial charge in [-0.3, -0.25) is 9.59 Å². The van der Waals surface area contributed by atoms with Crippen LogP contribution in [0.5, 0.6) is 0 Å². The first-order valence-electron chi connectivity index (χ1n) is 8.96. The summed E-state index contributed by atoms with van der Waals surface area (Å²) in [6.07, 6.45) is 3.77. The van der Waals surface area contributed by atoms with Crippen LogP contribution in [0.1, 0.15) is 48.2 Å². The van der Waals surface area contributed by atoms with Crippen LogP contribution in [0.4, 0.5) is 5.69 Å². The maximum Gasteiger partial charge on any atom is 0.254 e. The molecule has 1 aromatic heterocycles. The van der Waals surface area contributed by atoms with E-state index in [-0.39, 0.29) is 17.2 Å². The Bertz CT molecular complexity index is 882. The molecule has 0 radical (unpaired) electrons. The van der Waals surface area contributed by atoms with Crippen molar-refractivity contribution in [2.24, 2.45) is 0 Å². The zero-order chi connectivity index (χ0) is 19.6. The monoisotopic (exact) mass is 364 g/mol. The highest BCUT2D eigenvalue weighted by Crippen LogP contribution is 2.23. The van der Waals surface area contributed by atoms with Crippen LogP contribution in [-0.4, -0.2) is 33.2 Å². The van der Waals surface area contributed by atoms with Crippen LogP contribution >= 0.6 is 0 Å². The van der Waals surface area contributed by atoms with Crippen molar-refractivity contribution in [1.29, 1.82) is 0 Å². The van der Waals surface area contributed by atoms with Gasteiger partial charge in [0.25, 0.3) is 5.91 Å². The van der Waals surface area contributed by atoms with Crippen molar-refractivity contribution in [2.45, 2.75) is 39.2 Å². The third-order valence-electron chi connectivity index (χ3n) is 4.48. The van der Waals surface area contributed by atoms with E-state index in [0.717, 1.165) is 23.5 Å². The molecule has 0 saturated carbocycles. The number of carbonyl (C=O) groups is 2. The van der Waals surface area contributed by atoms with Gasteiger partial charge in [-0.2, -0.15) is 0 Å². The number of carbonyl (C=O) groups excluding carboxylic acids is 2. The van der Waals surface area contributed by atoms with E-state index in [2.05, 4.69) is 37.7 Å². The number of benzene rings is 1. The number of aromatic nitrogens is 2. The van der Waals surface area contributed by atoms with Crippen LogP contribution in [0.3, 0.4) is 0 Å². The fraction of sp³-hybridized carbons (Fsp3) is 0.333. The molecular weight excluding hydrogens is 340 g/mol. The Kier molecular flexibility index (Phi) is 5.08. The van der Waals surface area contributed by atoms with Gasteiger partial charge in [-0.1, -0.05) is 27.4 Å². The fourth-order valence-electron chi connectivity index (χ4n) is 2.92. The van der Waals surface area contributed by atoms with Crippen molar-refractivity contribution in [2.75, 3.05) is 11.9 Å². The average molecular weight is 364 g/mol. The first-order chi connectivity index (χ1) is 12.8. The third kappa shape index (κ3) is 4.22. The average Bonchev–Trinajstić information content (AvgIpc) is 2.66. The zero-order valence-corrected chi connectivity index (χ0v) is 16.0. The molecule has 0 aliphatic carbocycles. The molecule has 1 N–H and O–H groups in total. The Morgan fingerprint density at radius 2 is 1.93 bits per heavy atom. The maximum absolute atomic E-state index is 12.8. The quantitative estimate of drug-likeness (QED) is 0.849. The number of amides is 2. The maximum atomic E-state index is 12.8. The summed E-state index contributed by atoms with van der Waals surface area (Å²) < 4.78 is 0. The number of hydrogen-bond donors (Lipinski definition) is 1. The highest BCUT2D eigenvalue weighted by atomic mass is 16.2. The minimum atomic E-state index is -0.281. The van der Waals surface area contributed by atoms with E-state index in [1.807, 2.05) is 6.20 Å². The second-order valence-corrected chi connectivity index (χ2v) is 7.66. The standard InChI is InChI=1S/C21H24N4O2/c1-5-18(26)23-16-8-6-14(7-9-16)19(27)25-11-10-17-15(13-25)12-22-20(24-17)21(2,3)4/h5-9,12H,1,10-11,13H2,2-4H3,(H,23,26). The molecule has 2 heterocycles. The van der Waals surface area contributed by atoms with E-state index in [9.17, 15) is 9.59 Å². The number of nitrogens with zero attached hydrogens (tertiary/aromatic N) is 3. The number of anilines is 1. The molecule has 6 nitrogen and oxygen atoms in total. The summed E-state index contributed by atoms with van der Waals surface area (Å²) in [6.45, 7) is 10.8. The number of fused-ring (bicyclic) bond motifs is 1. The van der Waals surface area contributed by atoms with Gasteiger partial charge >= 0.3 is 0 Å². The highest BCUT2D eigenvalue weighted by Gasteiger charge is 2.25. The van der Waals surface area contributed by atoms with Gasteiger partial charge in [0.05, 0.1) is 5.69 Å². The van der Waals surface area contributed by atoms with Crippen molar-refractivity contribution in [3.63, 3.8) is 0 Å². The van der Waals surface area contributed by atoms with Gasteiger partial charge in [-0.15, -0.1) is 0 Å². The molecule has 1 aliphatic rings. The molecule has 1 aliphatic heterocycles. The largest absolute Gasteiger partial charge is 0.334 e. The van der Waals surface area contributed by atoms with Crippen molar-refractivity contribution in [3.8, 4) is 0 Å². The number of nitrogens with one attached hydrogen (secondary N) is 1. The Labute approximate surface area is 159 Å². The molecule has 0 atom stereocenters. The molecule has 2 amide bonds. The van der Waals surface area contributed by atoms with Crippen LogP contribution in [0, 0.1) is 0 Å². The fourth-order valence-corrected chi connectivity index (χ4v) is 2.92. The summed E-state index contributed by atoms with van der Waals surface area (Å²) in [5, 5.41) is 2.67. The molecule has 3 rings (SSSR count). The molecule has 1 aromatic carbocycles. The van der Waals surface area contributed by atoms with Gasteiger partial charge < -0.3 is 10.2 Å². The minimum absolute atomic E-state index is 0.0397. The van der Waals surface area contributed by atoms with E-state index < -0.39 is 0 Å². The lowest BCUT2D eigenvalue weighted by atomic mass is 9.95. The molecule has 0 bridgehead atoms. The molecule has 6 heteroatoms. The Balaban J connectivity index is 1.72. The molecule has 27 heavy (non-hydrogen) atoms. The van der Waals surface area contributed by atoms with Crippen LogP contribution in [-0.2, 0) is 23.2 Å². The van der Waals surface area contributed by atoms with Crippen LogP contribution in [0.2, 0.25) is 0 Å². The first-order valence-corrected chi connectivity index (χ1v) is 8.96. The number of hydrogen-bond acceptors (Lipinski definition) is 4. The molecule has 2 aromatic rings. The molecule has 0 saturated heterocycles. The molecule has 0 unspecified atom stereocenters. The summed E-state index contributed by atoms with van der Waals surface area (Å²) in [7, 11) is 0. The summed E-state index contributed by atoms with van der Waals surface area (Å²) in [6, 6.07) is 6.86. The lowest BCUT2D eigenvalue weighted by Gasteiger charge is -2.29. The Hall–Kier alpha value is -3.02. The predicted octanol–water partition coefficient (Wildman–Crippen LogP) is 3.10. The molecule has 140 valence electrons. The topological polar surface area (TPSA) is 75.2 Å². The zero-order valence-electron chi connectivity index (χ0n) is 16.0.